The van der Waals surface area contributed by atoms with Crippen LogP contribution in [0.3, 0.4) is 0 Å². The van der Waals surface area contributed by atoms with Crippen LogP contribution in [0.2, 0.25) is 0 Å². The number of rotatable bonds is 3. The van der Waals surface area contributed by atoms with Crippen LogP contribution in [0.25, 0.3) is 5.65 Å². The molecule has 1 saturated heterocycles. The van der Waals surface area contributed by atoms with Gasteiger partial charge < -0.3 is 0 Å². The Bertz CT molecular complexity index is 836. The Hall–Kier alpha value is -2.27. The summed E-state index contributed by atoms with van der Waals surface area (Å²) in [5.41, 5.74) is 1.95. The lowest BCUT2D eigenvalue weighted by Gasteiger charge is -2.35. The van der Waals surface area contributed by atoms with Crippen LogP contribution in [0, 0.1) is 5.82 Å². The number of hydrogen-bond acceptors (Lipinski definition) is 3. The van der Waals surface area contributed by atoms with Gasteiger partial charge in [-0.25, -0.2) is 4.39 Å². The number of benzene rings is 1. The molecule has 0 radical (unpaired) electrons. The average Bonchev–Trinajstić information content (AvgIpc) is 3.05. The summed E-state index contributed by atoms with van der Waals surface area (Å²) in [7, 11) is 0. The van der Waals surface area contributed by atoms with Crippen LogP contribution in [-0.4, -0.2) is 32.6 Å². The number of nitrogens with zero attached hydrogens (tertiary/aromatic N) is 4. The first-order chi connectivity index (χ1) is 11.7. The summed E-state index contributed by atoms with van der Waals surface area (Å²) < 4.78 is 15.5. The quantitative estimate of drug-likeness (QED) is 0.734. The number of fused-ring (bicyclic) bond motifs is 1. The molecule has 0 aliphatic carbocycles. The molecule has 1 aromatic carbocycles. The van der Waals surface area contributed by atoms with Crippen molar-refractivity contribution in [2.75, 3.05) is 13.1 Å². The fourth-order valence-corrected chi connectivity index (χ4v) is 3.66. The van der Waals surface area contributed by atoms with Crippen LogP contribution in [0.5, 0.6) is 0 Å². The van der Waals surface area contributed by atoms with Crippen LogP contribution in [-0.2, 0) is 0 Å². The van der Waals surface area contributed by atoms with Crippen LogP contribution in [0.4, 0.5) is 4.39 Å². The highest BCUT2D eigenvalue weighted by Gasteiger charge is 2.27. The Kier molecular flexibility index (Phi) is 4.02. The topological polar surface area (TPSA) is 33.4 Å². The molecule has 3 heterocycles. The number of pyridine rings is 1. The van der Waals surface area contributed by atoms with E-state index in [0.717, 1.165) is 43.0 Å². The van der Waals surface area contributed by atoms with Gasteiger partial charge in [-0.3, -0.25) is 9.30 Å². The highest BCUT2D eigenvalue weighted by Crippen LogP contribution is 2.31. The van der Waals surface area contributed by atoms with E-state index in [-0.39, 0.29) is 11.9 Å². The Morgan fingerprint density at radius 1 is 1.08 bits per heavy atom. The Morgan fingerprint density at radius 2 is 1.92 bits per heavy atom. The fraction of sp³-hybridized carbons (Fsp3) is 0.368. The van der Waals surface area contributed by atoms with Crippen molar-refractivity contribution >= 4 is 5.65 Å². The van der Waals surface area contributed by atoms with E-state index >= 15 is 0 Å². The predicted octanol–water partition coefficient (Wildman–Crippen LogP) is 3.81. The maximum Gasteiger partial charge on any atom is 0.160 e. The maximum absolute atomic E-state index is 13.5. The molecule has 1 unspecified atom stereocenters. The van der Waals surface area contributed by atoms with Crippen molar-refractivity contribution in [2.24, 2.45) is 0 Å². The molecule has 4 nitrogen and oxygen atoms in total. The summed E-state index contributed by atoms with van der Waals surface area (Å²) in [6.07, 6.45) is 4.14. The van der Waals surface area contributed by atoms with Crippen LogP contribution < -0.4 is 0 Å². The minimum Gasteiger partial charge on any atom is -0.297 e. The first kappa shape index (κ1) is 15.3. The molecular formula is C19H21FN4. The third-order valence-electron chi connectivity index (χ3n) is 5.11. The van der Waals surface area contributed by atoms with Gasteiger partial charge in [0.1, 0.15) is 11.6 Å². The molecule has 0 spiro atoms. The third-order valence-corrected chi connectivity index (χ3v) is 5.11. The highest BCUT2D eigenvalue weighted by atomic mass is 19.1. The zero-order valence-corrected chi connectivity index (χ0v) is 13.8. The van der Waals surface area contributed by atoms with Crippen molar-refractivity contribution in [3.8, 4) is 0 Å². The van der Waals surface area contributed by atoms with E-state index < -0.39 is 0 Å². The Labute approximate surface area is 140 Å². The average molecular weight is 324 g/mol. The third kappa shape index (κ3) is 2.80. The second-order valence-corrected chi connectivity index (χ2v) is 6.53. The largest absolute Gasteiger partial charge is 0.297 e. The number of piperidine rings is 1. The molecule has 0 saturated carbocycles. The van der Waals surface area contributed by atoms with Crippen LogP contribution >= 0.6 is 0 Å². The van der Waals surface area contributed by atoms with E-state index in [4.69, 9.17) is 0 Å². The van der Waals surface area contributed by atoms with Crippen molar-refractivity contribution in [3.63, 3.8) is 0 Å². The monoisotopic (exact) mass is 324 g/mol. The molecular weight excluding hydrogens is 303 g/mol. The predicted molar refractivity (Wildman–Crippen MR) is 91.4 cm³/mol. The molecule has 1 aliphatic heterocycles. The number of aromatic nitrogens is 3. The van der Waals surface area contributed by atoms with Crippen molar-refractivity contribution in [1.29, 1.82) is 0 Å². The van der Waals surface area contributed by atoms with E-state index in [0.29, 0.717) is 5.92 Å². The minimum absolute atomic E-state index is 0.163. The molecule has 24 heavy (non-hydrogen) atoms. The molecule has 3 aromatic rings. The standard InChI is InChI=1S/C19H21FN4/c1-14(16-5-4-6-17(20)13-16)23-11-8-15(9-12-23)19-22-21-18-7-2-3-10-24(18)19/h2-7,10,13-15H,8-9,11-12H2,1H3. The summed E-state index contributed by atoms with van der Waals surface area (Å²) in [4.78, 5) is 2.43. The summed E-state index contributed by atoms with van der Waals surface area (Å²) >= 11 is 0. The molecule has 0 bridgehead atoms. The molecule has 2 aromatic heterocycles. The van der Waals surface area contributed by atoms with Gasteiger partial charge in [0.15, 0.2) is 5.65 Å². The zero-order chi connectivity index (χ0) is 16.5. The SMILES string of the molecule is CC(c1cccc(F)c1)N1CCC(c2nnc3ccccn23)CC1. The summed E-state index contributed by atoms with van der Waals surface area (Å²) in [6.45, 7) is 4.13. The normalized spacial score (nSPS) is 18.1. The zero-order valence-electron chi connectivity index (χ0n) is 13.8. The summed E-state index contributed by atoms with van der Waals surface area (Å²) in [6, 6.07) is 13.1. The Balaban J connectivity index is 1.47. The van der Waals surface area contributed by atoms with Crippen molar-refractivity contribution < 1.29 is 4.39 Å². The molecule has 5 heteroatoms. The van der Waals surface area contributed by atoms with Gasteiger partial charge in [-0.2, -0.15) is 0 Å². The smallest absolute Gasteiger partial charge is 0.160 e. The number of likely N-dealkylation sites (tertiary alicyclic amines) is 1. The fourth-order valence-electron chi connectivity index (χ4n) is 3.66. The molecule has 1 aliphatic rings. The van der Waals surface area contributed by atoms with Gasteiger partial charge in [-0.15, -0.1) is 10.2 Å². The lowest BCUT2D eigenvalue weighted by atomic mass is 9.94. The molecule has 1 atom stereocenters. The minimum atomic E-state index is -0.163. The van der Waals surface area contributed by atoms with Gasteiger partial charge in [0.05, 0.1) is 0 Å². The van der Waals surface area contributed by atoms with Crippen LogP contribution in [0.15, 0.2) is 48.7 Å². The molecule has 0 amide bonds. The van der Waals surface area contributed by atoms with E-state index in [1.54, 1.807) is 12.1 Å². The van der Waals surface area contributed by atoms with E-state index in [9.17, 15) is 4.39 Å². The molecule has 4 rings (SSSR count). The van der Waals surface area contributed by atoms with Crippen molar-refractivity contribution in [3.05, 3.63) is 65.9 Å². The highest BCUT2D eigenvalue weighted by molar-refractivity contribution is 5.37. The Morgan fingerprint density at radius 3 is 2.71 bits per heavy atom. The van der Waals surface area contributed by atoms with Gasteiger partial charge in [0, 0.05) is 18.2 Å². The van der Waals surface area contributed by atoms with Crippen molar-refractivity contribution in [2.45, 2.75) is 31.7 Å². The van der Waals surface area contributed by atoms with Gasteiger partial charge >= 0.3 is 0 Å². The number of halogens is 1. The first-order valence-electron chi connectivity index (χ1n) is 8.51. The lowest BCUT2D eigenvalue weighted by molar-refractivity contribution is 0.160. The van der Waals surface area contributed by atoms with E-state index in [1.165, 1.54) is 6.07 Å². The maximum atomic E-state index is 13.5. The molecule has 1 fully saturated rings. The van der Waals surface area contributed by atoms with E-state index in [1.807, 2.05) is 30.5 Å². The second-order valence-electron chi connectivity index (χ2n) is 6.53. The van der Waals surface area contributed by atoms with Crippen molar-refractivity contribution in [1.82, 2.24) is 19.5 Å². The van der Waals surface area contributed by atoms with Crippen LogP contribution in [0.1, 0.15) is 43.1 Å². The summed E-state index contributed by atoms with van der Waals surface area (Å²) in [5.74, 6) is 1.33. The molecule has 0 N–H and O–H groups in total. The van der Waals surface area contributed by atoms with Gasteiger partial charge in [-0.1, -0.05) is 18.2 Å². The number of hydrogen-bond donors (Lipinski definition) is 0. The summed E-state index contributed by atoms with van der Waals surface area (Å²) in [5, 5.41) is 8.67. The van der Waals surface area contributed by atoms with Gasteiger partial charge in [0.2, 0.25) is 0 Å². The van der Waals surface area contributed by atoms with E-state index in [2.05, 4.69) is 26.4 Å². The second kappa shape index (κ2) is 6.32. The molecule has 124 valence electrons. The van der Waals surface area contributed by atoms with Gasteiger partial charge in [0.25, 0.3) is 0 Å². The lowest BCUT2D eigenvalue weighted by Crippen LogP contribution is -2.35. The first-order valence-corrected chi connectivity index (χ1v) is 8.51. The van der Waals surface area contributed by atoms with Gasteiger partial charge in [-0.05, 0) is 62.7 Å².